The number of nitrogens with one attached hydrogen (secondary N) is 2. The quantitative estimate of drug-likeness (QED) is 0.672. The van der Waals surface area contributed by atoms with Crippen molar-refractivity contribution in [1.29, 1.82) is 0 Å². The molecular weight excluding hydrogens is 376 g/mol. The van der Waals surface area contributed by atoms with Gasteiger partial charge < -0.3 is 9.15 Å². The van der Waals surface area contributed by atoms with E-state index >= 15 is 0 Å². The Bertz CT molecular complexity index is 934. The van der Waals surface area contributed by atoms with E-state index in [0.29, 0.717) is 0 Å². The molecular formula is C17H18N2O7S. The minimum Gasteiger partial charge on any atom is -0.459 e. The standard InChI is InChI=1S/C17H18N2O7S/c1-11(2)19-27(23,24)13-6-3-5-12(9-13)17(22)26-10-15(20)18-16(21)14-7-4-8-25-14/h3-9,11,19H,10H2,1-2H3,(H,18,20,21). The molecule has 27 heavy (non-hydrogen) atoms. The maximum absolute atomic E-state index is 12.1. The van der Waals surface area contributed by atoms with Crippen molar-refractivity contribution in [2.45, 2.75) is 24.8 Å². The van der Waals surface area contributed by atoms with Gasteiger partial charge in [-0.2, -0.15) is 0 Å². The Morgan fingerprint density at radius 1 is 1.15 bits per heavy atom. The van der Waals surface area contributed by atoms with E-state index in [1.165, 1.54) is 36.6 Å². The Labute approximate surface area is 155 Å². The van der Waals surface area contributed by atoms with Crippen molar-refractivity contribution < 1.29 is 32.0 Å². The molecule has 2 amide bonds. The molecule has 2 aromatic rings. The van der Waals surface area contributed by atoms with Crippen LogP contribution in [0.15, 0.2) is 52.0 Å². The lowest BCUT2D eigenvalue weighted by Gasteiger charge is -2.10. The second-order valence-electron chi connectivity index (χ2n) is 5.73. The van der Waals surface area contributed by atoms with Crippen molar-refractivity contribution in [3.8, 4) is 0 Å². The summed E-state index contributed by atoms with van der Waals surface area (Å²) in [5.74, 6) is -2.59. The van der Waals surface area contributed by atoms with Gasteiger partial charge in [0.05, 0.1) is 16.7 Å². The third kappa shape index (κ3) is 5.76. The predicted octanol–water partition coefficient (Wildman–Crippen LogP) is 1.08. The minimum atomic E-state index is -3.78. The molecule has 1 aromatic heterocycles. The van der Waals surface area contributed by atoms with E-state index in [1.54, 1.807) is 13.8 Å². The highest BCUT2D eigenvalue weighted by Crippen LogP contribution is 2.13. The zero-order valence-corrected chi connectivity index (χ0v) is 15.4. The van der Waals surface area contributed by atoms with Crippen LogP contribution < -0.4 is 10.0 Å². The zero-order chi connectivity index (χ0) is 20.0. The smallest absolute Gasteiger partial charge is 0.338 e. The van der Waals surface area contributed by atoms with E-state index < -0.39 is 34.4 Å². The van der Waals surface area contributed by atoms with Crippen molar-refractivity contribution in [2.24, 2.45) is 0 Å². The SMILES string of the molecule is CC(C)NS(=O)(=O)c1cccc(C(=O)OCC(=O)NC(=O)c2ccco2)c1. The number of hydrogen-bond acceptors (Lipinski definition) is 7. The highest BCUT2D eigenvalue weighted by atomic mass is 32.2. The van der Waals surface area contributed by atoms with E-state index in [0.717, 1.165) is 6.07 Å². The monoisotopic (exact) mass is 394 g/mol. The fourth-order valence-corrected chi connectivity index (χ4v) is 3.31. The predicted molar refractivity (Wildman–Crippen MR) is 93.4 cm³/mol. The van der Waals surface area contributed by atoms with Gasteiger partial charge in [-0.05, 0) is 44.2 Å². The van der Waals surface area contributed by atoms with Gasteiger partial charge in [-0.25, -0.2) is 17.9 Å². The van der Waals surface area contributed by atoms with Crippen molar-refractivity contribution >= 4 is 27.8 Å². The first kappa shape index (κ1) is 20.3. The number of hydrogen-bond donors (Lipinski definition) is 2. The number of ether oxygens (including phenoxy) is 1. The maximum Gasteiger partial charge on any atom is 0.338 e. The fourth-order valence-electron chi connectivity index (χ4n) is 2.02. The van der Waals surface area contributed by atoms with Gasteiger partial charge in [-0.3, -0.25) is 14.9 Å². The lowest BCUT2D eigenvalue weighted by atomic mass is 10.2. The number of carbonyl (C=O) groups excluding carboxylic acids is 3. The first-order chi connectivity index (χ1) is 12.7. The summed E-state index contributed by atoms with van der Waals surface area (Å²) < 4.78 is 36.3. The molecule has 0 unspecified atom stereocenters. The summed E-state index contributed by atoms with van der Waals surface area (Å²) in [5.41, 5.74) is -0.0493. The zero-order valence-electron chi connectivity index (χ0n) is 14.6. The summed E-state index contributed by atoms with van der Waals surface area (Å²) in [7, 11) is -3.78. The summed E-state index contributed by atoms with van der Waals surface area (Å²) in [6.45, 7) is 2.61. The molecule has 1 heterocycles. The first-order valence-electron chi connectivity index (χ1n) is 7.86. The molecule has 0 aliphatic carbocycles. The molecule has 0 aliphatic heterocycles. The van der Waals surface area contributed by atoms with Crippen LogP contribution >= 0.6 is 0 Å². The van der Waals surface area contributed by atoms with Crippen LogP contribution in [0.1, 0.15) is 34.8 Å². The molecule has 2 rings (SSSR count). The number of carbonyl (C=O) groups is 3. The first-order valence-corrected chi connectivity index (χ1v) is 9.34. The van der Waals surface area contributed by atoms with Gasteiger partial charge in [0.25, 0.3) is 11.8 Å². The summed E-state index contributed by atoms with van der Waals surface area (Å²) in [6.07, 6.45) is 1.27. The van der Waals surface area contributed by atoms with Gasteiger partial charge in [0, 0.05) is 6.04 Å². The Balaban J connectivity index is 1.97. The Morgan fingerprint density at radius 3 is 2.52 bits per heavy atom. The topological polar surface area (TPSA) is 132 Å². The van der Waals surface area contributed by atoms with E-state index in [4.69, 9.17) is 9.15 Å². The highest BCUT2D eigenvalue weighted by molar-refractivity contribution is 7.89. The average molecular weight is 394 g/mol. The molecule has 0 saturated carbocycles. The molecule has 0 saturated heterocycles. The summed E-state index contributed by atoms with van der Waals surface area (Å²) in [5, 5.41) is 1.99. The second-order valence-corrected chi connectivity index (χ2v) is 7.45. The maximum atomic E-state index is 12.1. The number of esters is 1. The molecule has 0 fully saturated rings. The molecule has 0 bridgehead atoms. The van der Waals surface area contributed by atoms with Crippen molar-refractivity contribution in [2.75, 3.05) is 6.61 Å². The summed E-state index contributed by atoms with van der Waals surface area (Å²) in [6, 6.07) is 7.73. The van der Waals surface area contributed by atoms with Crippen LogP contribution in [0.25, 0.3) is 0 Å². The van der Waals surface area contributed by atoms with Crippen LogP contribution in [0.2, 0.25) is 0 Å². The van der Waals surface area contributed by atoms with Gasteiger partial charge >= 0.3 is 5.97 Å². The Hall–Kier alpha value is -2.98. The fraction of sp³-hybridized carbons (Fsp3) is 0.235. The largest absolute Gasteiger partial charge is 0.459 e. The van der Waals surface area contributed by atoms with Gasteiger partial charge in [0.1, 0.15) is 0 Å². The van der Waals surface area contributed by atoms with E-state index in [9.17, 15) is 22.8 Å². The molecule has 9 nitrogen and oxygen atoms in total. The molecule has 0 radical (unpaired) electrons. The van der Waals surface area contributed by atoms with Crippen LogP contribution in [0.4, 0.5) is 0 Å². The molecule has 0 aliphatic rings. The van der Waals surface area contributed by atoms with Crippen LogP contribution in [-0.2, 0) is 19.6 Å². The van der Waals surface area contributed by atoms with Crippen molar-refractivity contribution in [1.82, 2.24) is 10.0 Å². The van der Waals surface area contributed by atoms with Gasteiger partial charge in [-0.15, -0.1) is 0 Å². The molecule has 0 atom stereocenters. The molecule has 10 heteroatoms. The van der Waals surface area contributed by atoms with Crippen LogP contribution in [0, 0.1) is 0 Å². The van der Waals surface area contributed by atoms with Gasteiger partial charge in [0.15, 0.2) is 12.4 Å². The number of rotatable bonds is 7. The Morgan fingerprint density at radius 2 is 1.89 bits per heavy atom. The molecule has 0 spiro atoms. The van der Waals surface area contributed by atoms with Gasteiger partial charge in [0.2, 0.25) is 10.0 Å². The van der Waals surface area contributed by atoms with Crippen LogP contribution in [-0.4, -0.2) is 38.9 Å². The number of furan rings is 1. The third-order valence-electron chi connectivity index (χ3n) is 3.10. The van der Waals surface area contributed by atoms with Crippen molar-refractivity contribution in [3.05, 3.63) is 54.0 Å². The molecule has 2 N–H and O–H groups in total. The lowest BCUT2D eigenvalue weighted by Crippen LogP contribution is -2.34. The van der Waals surface area contributed by atoms with E-state index in [-0.39, 0.29) is 22.3 Å². The van der Waals surface area contributed by atoms with Crippen LogP contribution in [0.5, 0.6) is 0 Å². The number of sulfonamides is 1. The molecule has 1 aromatic carbocycles. The molecule has 144 valence electrons. The second kappa shape index (κ2) is 8.60. The normalized spacial score (nSPS) is 11.2. The highest BCUT2D eigenvalue weighted by Gasteiger charge is 2.19. The lowest BCUT2D eigenvalue weighted by molar-refractivity contribution is -0.123. The summed E-state index contributed by atoms with van der Waals surface area (Å²) in [4.78, 5) is 35.2. The van der Waals surface area contributed by atoms with E-state index in [2.05, 4.69) is 4.72 Å². The number of benzene rings is 1. The average Bonchev–Trinajstić information content (AvgIpc) is 3.13. The summed E-state index contributed by atoms with van der Waals surface area (Å²) >= 11 is 0. The minimum absolute atomic E-state index is 0.0493. The number of imide groups is 1. The number of amides is 2. The van der Waals surface area contributed by atoms with Crippen LogP contribution in [0.3, 0.4) is 0 Å². The van der Waals surface area contributed by atoms with Gasteiger partial charge in [-0.1, -0.05) is 6.07 Å². The van der Waals surface area contributed by atoms with E-state index in [1.807, 2.05) is 5.32 Å². The van der Waals surface area contributed by atoms with Crippen molar-refractivity contribution in [3.63, 3.8) is 0 Å². The Kier molecular flexibility index (Phi) is 6.48. The third-order valence-corrected chi connectivity index (χ3v) is 4.76.